The van der Waals surface area contributed by atoms with Gasteiger partial charge in [-0.25, -0.2) is 9.48 Å². The Kier molecular flexibility index (Phi) is 6.58. The number of carbonyl (C=O) groups excluding carboxylic acids is 4. The van der Waals surface area contributed by atoms with Gasteiger partial charge >= 0.3 is 5.97 Å². The van der Waals surface area contributed by atoms with Crippen LogP contribution in [0, 0.1) is 11.8 Å². The van der Waals surface area contributed by atoms with Gasteiger partial charge in [0.2, 0.25) is 11.8 Å². The Hall–Kier alpha value is -2.71. The summed E-state index contributed by atoms with van der Waals surface area (Å²) in [5.41, 5.74) is 0. The standard InChI is InChI=1S/C21H30N4O5/c1-5-12(2)25-17(10-11-22-25)23-18(26)14(4)30-21(29)13(3)24-19(27)15-8-6-7-9-16(15)20(24)28/h10-16H,5-9H2,1-4H3,(H,23,26)/t12-,13-,14-,15+,16+/m0/s1. The van der Waals surface area contributed by atoms with E-state index < -0.39 is 24.0 Å². The third-order valence-corrected chi connectivity index (χ3v) is 6.20. The molecule has 0 radical (unpaired) electrons. The number of likely N-dealkylation sites (tertiary alicyclic amines) is 1. The molecule has 2 heterocycles. The summed E-state index contributed by atoms with van der Waals surface area (Å²) in [4.78, 5) is 51.5. The Morgan fingerprint density at radius 1 is 1.17 bits per heavy atom. The van der Waals surface area contributed by atoms with Gasteiger partial charge in [0, 0.05) is 6.07 Å². The second-order valence-corrected chi connectivity index (χ2v) is 8.21. The molecule has 30 heavy (non-hydrogen) atoms. The number of nitrogens with zero attached hydrogens (tertiary/aromatic N) is 3. The van der Waals surface area contributed by atoms with E-state index in [1.807, 2.05) is 13.8 Å². The fourth-order valence-corrected chi connectivity index (χ4v) is 4.17. The quantitative estimate of drug-likeness (QED) is 0.537. The first-order valence-corrected chi connectivity index (χ1v) is 10.7. The van der Waals surface area contributed by atoms with Gasteiger partial charge in [-0.1, -0.05) is 19.8 Å². The number of imide groups is 1. The summed E-state index contributed by atoms with van der Waals surface area (Å²) in [6, 6.07) is 0.713. The van der Waals surface area contributed by atoms with E-state index in [4.69, 9.17) is 4.74 Å². The Morgan fingerprint density at radius 2 is 1.77 bits per heavy atom. The van der Waals surface area contributed by atoms with E-state index in [0.717, 1.165) is 24.2 Å². The third-order valence-electron chi connectivity index (χ3n) is 6.20. The van der Waals surface area contributed by atoms with Crippen molar-refractivity contribution in [3.8, 4) is 0 Å². The molecule has 9 heteroatoms. The molecule has 2 fully saturated rings. The fourth-order valence-electron chi connectivity index (χ4n) is 4.17. The lowest BCUT2D eigenvalue weighted by molar-refractivity contribution is -0.163. The van der Waals surface area contributed by atoms with Gasteiger partial charge in [0.15, 0.2) is 6.10 Å². The van der Waals surface area contributed by atoms with E-state index in [-0.39, 0.29) is 29.7 Å². The number of ether oxygens (including phenoxy) is 1. The highest BCUT2D eigenvalue weighted by Gasteiger charge is 2.51. The summed E-state index contributed by atoms with van der Waals surface area (Å²) in [5, 5.41) is 6.92. The van der Waals surface area contributed by atoms with Crippen LogP contribution in [0.1, 0.15) is 65.8 Å². The Bertz CT molecular complexity index is 811. The number of hydrogen-bond acceptors (Lipinski definition) is 6. The molecule has 1 saturated heterocycles. The molecule has 5 atom stereocenters. The fraction of sp³-hybridized carbons (Fsp3) is 0.667. The normalized spacial score (nSPS) is 24.2. The van der Waals surface area contributed by atoms with Gasteiger partial charge in [-0.05, 0) is 40.0 Å². The minimum absolute atomic E-state index is 0.101. The number of carbonyl (C=O) groups is 4. The summed E-state index contributed by atoms with van der Waals surface area (Å²) >= 11 is 0. The molecule has 1 saturated carbocycles. The molecule has 3 amide bonds. The first kappa shape index (κ1) is 22.0. The molecule has 1 aliphatic heterocycles. The zero-order valence-electron chi connectivity index (χ0n) is 18.0. The maximum atomic E-state index is 12.7. The van der Waals surface area contributed by atoms with Crippen molar-refractivity contribution in [1.82, 2.24) is 14.7 Å². The summed E-state index contributed by atoms with van der Waals surface area (Å²) < 4.78 is 6.98. The molecule has 1 aromatic heterocycles. The second-order valence-electron chi connectivity index (χ2n) is 8.21. The predicted molar refractivity (Wildman–Crippen MR) is 108 cm³/mol. The Labute approximate surface area is 176 Å². The second kappa shape index (κ2) is 8.97. The zero-order chi connectivity index (χ0) is 22.0. The van der Waals surface area contributed by atoms with Gasteiger partial charge in [-0.2, -0.15) is 5.10 Å². The maximum absolute atomic E-state index is 12.7. The predicted octanol–water partition coefficient (Wildman–Crippen LogP) is 2.29. The first-order valence-electron chi connectivity index (χ1n) is 10.7. The van der Waals surface area contributed by atoms with Crippen LogP contribution in [0.25, 0.3) is 0 Å². The Morgan fingerprint density at radius 3 is 2.33 bits per heavy atom. The van der Waals surface area contributed by atoms with Crippen molar-refractivity contribution in [3.05, 3.63) is 12.3 Å². The molecule has 1 aliphatic carbocycles. The summed E-state index contributed by atoms with van der Waals surface area (Å²) in [6.45, 7) is 6.92. The van der Waals surface area contributed by atoms with Crippen LogP contribution in [0.15, 0.2) is 12.3 Å². The first-order chi connectivity index (χ1) is 14.3. The number of rotatable bonds is 7. The average Bonchev–Trinajstić information content (AvgIpc) is 3.29. The zero-order valence-corrected chi connectivity index (χ0v) is 18.0. The number of aromatic nitrogens is 2. The van der Waals surface area contributed by atoms with Crippen molar-refractivity contribution in [2.45, 2.75) is 78.0 Å². The smallest absolute Gasteiger partial charge is 0.329 e. The lowest BCUT2D eigenvalue weighted by Gasteiger charge is -2.23. The van der Waals surface area contributed by atoms with E-state index in [1.54, 1.807) is 16.9 Å². The molecule has 0 spiro atoms. The monoisotopic (exact) mass is 418 g/mol. The van der Waals surface area contributed by atoms with Gasteiger partial charge in [-0.3, -0.25) is 19.3 Å². The van der Waals surface area contributed by atoms with Crippen LogP contribution in [-0.2, 0) is 23.9 Å². The van der Waals surface area contributed by atoms with E-state index in [9.17, 15) is 19.2 Å². The number of nitrogens with one attached hydrogen (secondary N) is 1. The van der Waals surface area contributed by atoms with Gasteiger partial charge in [-0.15, -0.1) is 0 Å². The van der Waals surface area contributed by atoms with Crippen LogP contribution < -0.4 is 5.32 Å². The van der Waals surface area contributed by atoms with Gasteiger partial charge in [0.1, 0.15) is 11.9 Å². The number of esters is 1. The van der Waals surface area contributed by atoms with Crippen molar-refractivity contribution < 1.29 is 23.9 Å². The molecule has 1 N–H and O–H groups in total. The molecule has 2 aliphatic rings. The number of amides is 3. The van der Waals surface area contributed by atoms with Crippen molar-refractivity contribution in [2.75, 3.05) is 5.32 Å². The topological polar surface area (TPSA) is 111 Å². The van der Waals surface area contributed by atoms with E-state index in [0.29, 0.717) is 18.7 Å². The van der Waals surface area contributed by atoms with Crippen LogP contribution in [0.4, 0.5) is 5.82 Å². The van der Waals surface area contributed by atoms with E-state index in [2.05, 4.69) is 10.4 Å². The third kappa shape index (κ3) is 4.11. The largest absolute Gasteiger partial charge is 0.451 e. The van der Waals surface area contributed by atoms with Crippen molar-refractivity contribution in [1.29, 1.82) is 0 Å². The highest BCUT2D eigenvalue weighted by molar-refractivity contribution is 6.08. The molecule has 0 bridgehead atoms. The maximum Gasteiger partial charge on any atom is 0.329 e. The van der Waals surface area contributed by atoms with E-state index >= 15 is 0 Å². The molecule has 1 aromatic rings. The molecule has 3 rings (SSSR count). The minimum atomic E-state index is -1.09. The highest BCUT2D eigenvalue weighted by Crippen LogP contribution is 2.39. The number of fused-ring (bicyclic) bond motifs is 1. The van der Waals surface area contributed by atoms with Crippen molar-refractivity contribution >= 4 is 29.5 Å². The van der Waals surface area contributed by atoms with Crippen LogP contribution in [-0.4, -0.2) is 50.5 Å². The van der Waals surface area contributed by atoms with Gasteiger partial charge in [0.05, 0.1) is 24.1 Å². The molecule has 0 aromatic carbocycles. The van der Waals surface area contributed by atoms with Gasteiger partial charge < -0.3 is 10.1 Å². The summed E-state index contributed by atoms with van der Waals surface area (Å²) in [7, 11) is 0. The highest BCUT2D eigenvalue weighted by atomic mass is 16.5. The summed E-state index contributed by atoms with van der Waals surface area (Å²) in [6.07, 6.45) is 4.52. The lowest BCUT2D eigenvalue weighted by Crippen LogP contribution is -2.46. The lowest BCUT2D eigenvalue weighted by atomic mass is 9.81. The molecule has 0 unspecified atom stereocenters. The van der Waals surface area contributed by atoms with Crippen molar-refractivity contribution in [2.24, 2.45) is 11.8 Å². The van der Waals surface area contributed by atoms with Crippen LogP contribution >= 0.6 is 0 Å². The minimum Gasteiger partial charge on any atom is -0.451 e. The molecule has 9 nitrogen and oxygen atoms in total. The average molecular weight is 418 g/mol. The SMILES string of the molecule is CC[C@H](C)n1nccc1NC(=O)[C@H](C)OC(=O)[C@H](C)N1C(=O)[C@@H]2CCCC[C@H]2C1=O. The molecular weight excluding hydrogens is 388 g/mol. The number of hydrogen-bond donors (Lipinski definition) is 1. The van der Waals surface area contributed by atoms with Crippen LogP contribution in [0.5, 0.6) is 0 Å². The van der Waals surface area contributed by atoms with Crippen LogP contribution in [0.3, 0.4) is 0 Å². The Balaban J connectivity index is 1.61. The number of anilines is 1. The van der Waals surface area contributed by atoms with E-state index in [1.165, 1.54) is 13.8 Å². The van der Waals surface area contributed by atoms with Crippen molar-refractivity contribution in [3.63, 3.8) is 0 Å². The summed E-state index contributed by atoms with van der Waals surface area (Å²) in [5.74, 6) is -2.03. The molecule has 164 valence electrons. The van der Waals surface area contributed by atoms with Gasteiger partial charge in [0.25, 0.3) is 5.91 Å². The van der Waals surface area contributed by atoms with Crippen LogP contribution in [0.2, 0.25) is 0 Å². The molecular formula is C21H30N4O5.